The number of aromatic nitrogens is 2. The number of benzene rings is 1. The molecule has 0 amide bonds. The number of methoxy groups -OCH3 is 1. The van der Waals surface area contributed by atoms with E-state index in [2.05, 4.69) is 22.2 Å². The van der Waals surface area contributed by atoms with Gasteiger partial charge in [-0.1, -0.05) is 13.0 Å². The Morgan fingerprint density at radius 3 is 2.70 bits per heavy atom. The van der Waals surface area contributed by atoms with E-state index in [-0.39, 0.29) is 0 Å². The molecule has 0 bridgehead atoms. The highest BCUT2D eigenvalue weighted by Crippen LogP contribution is 2.25. The van der Waals surface area contributed by atoms with Gasteiger partial charge in [-0.25, -0.2) is 9.97 Å². The lowest BCUT2D eigenvalue weighted by Crippen LogP contribution is -2.13. The fraction of sp³-hybridized carbons (Fsp3) is 0.333. The van der Waals surface area contributed by atoms with Crippen LogP contribution in [0.5, 0.6) is 11.5 Å². The Morgan fingerprint density at radius 2 is 2.00 bits per heavy atom. The Hall–Kier alpha value is -2.14. The van der Waals surface area contributed by atoms with E-state index in [9.17, 15) is 0 Å². The van der Waals surface area contributed by atoms with Crippen molar-refractivity contribution in [1.82, 2.24) is 15.3 Å². The second-order valence-electron chi connectivity index (χ2n) is 4.21. The van der Waals surface area contributed by atoms with Crippen LogP contribution in [0.2, 0.25) is 0 Å². The van der Waals surface area contributed by atoms with Crippen molar-refractivity contribution in [1.29, 1.82) is 0 Å². The predicted molar refractivity (Wildman–Crippen MR) is 76.7 cm³/mol. The monoisotopic (exact) mass is 273 g/mol. The van der Waals surface area contributed by atoms with Crippen LogP contribution in [0.25, 0.3) is 0 Å². The highest BCUT2D eigenvalue weighted by atomic mass is 16.5. The first kappa shape index (κ1) is 14.3. The maximum absolute atomic E-state index is 5.82. The summed E-state index contributed by atoms with van der Waals surface area (Å²) in [6, 6.07) is 7.60. The average molecular weight is 273 g/mol. The second kappa shape index (κ2) is 7.45. The molecular formula is C15H19N3O2. The van der Waals surface area contributed by atoms with Gasteiger partial charge in [-0.15, -0.1) is 0 Å². The first-order chi connectivity index (χ1) is 9.83. The Labute approximate surface area is 119 Å². The minimum Gasteiger partial charge on any atom is -0.497 e. The third-order valence-corrected chi connectivity index (χ3v) is 2.82. The molecule has 0 aliphatic rings. The summed E-state index contributed by atoms with van der Waals surface area (Å²) < 4.78 is 11.1. The molecule has 1 aromatic carbocycles. The first-order valence-corrected chi connectivity index (χ1v) is 6.59. The quantitative estimate of drug-likeness (QED) is 0.838. The summed E-state index contributed by atoms with van der Waals surface area (Å²) in [6.45, 7) is 4.08. The molecule has 2 aromatic rings. The van der Waals surface area contributed by atoms with Crippen LogP contribution in [-0.2, 0) is 13.2 Å². The number of hydrogen-bond donors (Lipinski definition) is 1. The minimum atomic E-state index is 0.340. The summed E-state index contributed by atoms with van der Waals surface area (Å²) in [4.78, 5) is 8.29. The molecular weight excluding hydrogens is 254 g/mol. The van der Waals surface area contributed by atoms with Gasteiger partial charge in [0.2, 0.25) is 0 Å². The molecule has 106 valence electrons. The Bertz CT molecular complexity index is 532. The van der Waals surface area contributed by atoms with Gasteiger partial charge >= 0.3 is 0 Å². The molecule has 2 rings (SSSR count). The number of nitrogens with zero attached hydrogens (tertiary/aromatic N) is 2. The summed E-state index contributed by atoms with van der Waals surface area (Å²) >= 11 is 0. The second-order valence-corrected chi connectivity index (χ2v) is 4.21. The normalized spacial score (nSPS) is 10.3. The molecule has 0 aliphatic carbocycles. The maximum atomic E-state index is 5.82. The highest BCUT2D eigenvalue weighted by Gasteiger charge is 2.07. The van der Waals surface area contributed by atoms with Crippen molar-refractivity contribution in [2.45, 2.75) is 20.1 Å². The van der Waals surface area contributed by atoms with Crippen LogP contribution in [0.15, 0.2) is 36.7 Å². The lowest BCUT2D eigenvalue weighted by atomic mass is 10.2. The number of nitrogens with one attached hydrogen (secondary N) is 1. The van der Waals surface area contributed by atoms with Crippen molar-refractivity contribution in [3.8, 4) is 11.5 Å². The fourth-order valence-corrected chi connectivity index (χ4v) is 1.75. The van der Waals surface area contributed by atoms with Crippen molar-refractivity contribution < 1.29 is 9.47 Å². The molecule has 0 atom stereocenters. The molecule has 20 heavy (non-hydrogen) atoms. The van der Waals surface area contributed by atoms with E-state index in [1.165, 1.54) is 0 Å². The smallest absolute Gasteiger partial charge is 0.166 e. The van der Waals surface area contributed by atoms with Crippen LogP contribution in [0, 0.1) is 0 Å². The van der Waals surface area contributed by atoms with Crippen molar-refractivity contribution in [3.63, 3.8) is 0 Å². The minimum absolute atomic E-state index is 0.340. The lowest BCUT2D eigenvalue weighted by Gasteiger charge is -2.12. The molecule has 0 fully saturated rings. The Kier molecular flexibility index (Phi) is 5.32. The van der Waals surface area contributed by atoms with E-state index < -0.39 is 0 Å². The molecule has 5 heteroatoms. The summed E-state index contributed by atoms with van der Waals surface area (Å²) in [6.07, 6.45) is 3.41. The van der Waals surface area contributed by atoms with Crippen molar-refractivity contribution in [2.24, 2.45) is 0 Å². The Balaban J connectivity index is 2.10. The standard InChI is InChI=1S/C15H19N3O2/c1-3-16-10-12-5-6-13(19-2)9-14(12)20-11-15-17-7-4-8-18-15/h4-9,16H,3,10-11H2,1-2H3. The van der Waals surface area contributed by atoms with Gasteiger partial charge in [0.15, 0.2) is 5.82 Å². The Morgan fingerprint density at radius 1 is 1.20 bits per heavy atom. The zero-order chi connectivity index (χ0) is 14.2. The molecule has 0 saturated carbocycles. The van der Waals surface area contributed by atoms with E-state index in [0.29, 0.717) is 12.4 Å². The van der Waals surface area contributed by atoms with E-state index in [0.717, 1.165) is 30.2 Å². The lowest BCUT2D eigenvalue weighted by molar-refractivity contribution is 0.290. The maximum Gasteiger partial charge on any atom is 0.166 e. The third kappa shape index (κ3) is 3.93. The predicted octanol–water partition coefficient (Wildman–Crippen LogP) is 2.17. The zero-order valence-corrected chi connectivity index (χ0v) is 11.8. The van der Waals surface area contributed by atoms with Gasteiger partial charge in [-0.2, -0.15) is 0 Å². The summed E-state index contributed by atoms with van der Waals surface area (Å²) in [5, 5.41) is 3.29. The van der Waals surface area contributed by atoms with Crippen LogP contribution >= 0.6 is 0 Å². The summed E-state index contributed by atoms with van der Waals surface area (Å²) in [7, 11) is 1.64. The average Bonchev–Trinajstić information content (AvgIpc) is 2.52. The van der Waals surface area contributed by atoms with Gasteiger partial charge in [0.05, 0.1) is 7.11 Å². The number of rotatable bonds is 7. The van der Waals surface area contributed by atoms with E-state index in [1.807, 2.05) is 18.2 Å². The molecule has 0 saturated heterocycles. The van der Waals surface area contributed by atoms with Gasteiger partial charge in [-0.3, -0.25) is 0 Å². The van der Waals surface area contributed by atoms with E-state index >= 15 is 0 Å². The largest absolute Gasteiger partial charge is 0.497 e. The molecule has 0 spiro atoms. The van der Waals surface area contributed by atoms with Crippen LogP contribution in [-0.4, -0.2) is 23.6 Å². The number of ether oxygens (including phenoxy) is 2. The molecule has 1 N–H and O–H groups in total. The van der Waals surface area contributed by atoms with Gasteiger partial charge in [0, 0.05) is 30.6 Å². The van der Waals surface area contributed by atoms with Crippen LogP contribution < -0.4 is 14.8 Å². The SMILES string of the molecule is CCNCc1ccc(OC)cc1OCc1ncccn1. The van der Waals surface area contributed by atoms with Gasteiger partial charge in [0.1, 0.15) is 18.1 Å². The molecule has 0 aliphatic heterocycles. The van der Waals surface area contributed by atoms with E-state index in [1.54, 1.807) is 25.6 Å². The highest BCUT2D eigenvalue weighted by molar-refractivity contribution is 5.40. The van der Waals surface area contributed by atoms with Crippen LogP contribution in [0.1, 0.15) is 18.3 Å². The zero-order valence-electron chi connectivity index (χ0n) is 11.8. The van der Waals surface area contributed by atoms with Crippen LogP contribution in [0.3, 0.4) is 0 Å². The molecule has 1 heterocycles. The van der Waals surface area contributed by atoms with Crippen LogP contribution in [0.4, 0.5) is 0 Å². The van der Waals surface area contributed by atoms with E-state index in [4.69, 9.17) is 9.47 Å². The molecule has 0 unspecified atom stereocenters. The van der Waals surface area contributed by atoms with Gasteiger partial charge < -0.3 is 14.8 Å². The van der Waals surface area contributed by atoms with Crippen molar-refractivity contribution in [2.75, 3.05) is 13.7 Å². The first-order valence-electron chi connectivity index (χ1n) is 6.59. The van der Waals surface area contributed by atoms with Crippen molar-refractivity contribution >= 4 is 0 Å². The number of hydrogen-bond acceptors (Lipinski definition) is 5. The van der Waals surface area contributed by atoms with Crippen molar-refractivity contribution in [3.05, 3.63) is 48.0 Å². The fourth-order valence-electron chi connectivity index (χ4n) is 1.75. The summed E-state index contributed by atoms with van der Waals surface area (Å²) in [5.74, 6) is 2.22. The van der Waals surface area contributed by atoms with Gasteiger partial charge in [-0.05, 0) is 18.7 Å². The molecule has 1 aromatic heterocycles. The molecule has 5 nitrogen and oxygen atoms in total. The topological polar surface area (TPSA) is 56.3 Å². The molecule has 0 radical (unpaired) electrons. The third-order valence-electron chi connectivity index (χ3n) is 2.82. The van der Waals surface area contributed by atoms with Gasteiger partial charge in [0.25, 0.3) is 0 Å². The summed E-state index contributed by atoms with van der Waals surface area (Å²) in [5.41, 5.74) is 1.09.